The van der Waals surface area contributed by atoms with Crippen molar-refractivity contribution in [3.8, 4) is 5.75 Å². The molecule has 0 spiro atoms. The van der Waals surface area contributed by atoms with Crippen molar-refractivity contribution in [1.82, 2.24) is 5.16 Å². The van der Waals surface area contributed by atoms with E-state index in [2.05, 4.69) is 9.68 Å². The lowest BCUT2D eigenvalue weighted by molar-refractivity contribution is -0.137. The monoisotopic (exact) mass is 272 g/mol. The van der Waals surface area contributed by atoms with Crippen molar-refractivity contribution < 1.29 is 27.2 Å². The molecule has 0 saturated carbocycles. The molecule has 0 amide bonds. The van der Waals surface area contributed by atoms with Crippen LogP contribution in [0, 0.1) is 0 Å². The summed E-state index contributed by atoms with van der Waals surface area (Å²) in [5.41, 5.74) is 4.40. The molecule has 2 rings (SSSR count). The lowest BCUT2D eigenvalue weighted by atomic mass is 10.2. The molecular formula is C11H7F3N2O3. The van der Waals surface area contributed by atoms with Crippen molar-refractivity contribution >= 4 is 11.8 Å². The fourth-order valence-electron chi connectivity index (χ4n) is 1.25. The van der Waals surface area contributed by atoms with E-state index in [9.17, 15) is 18.0 Å². The van der Waals surface area contributed by atoms with Gasteiger partial charge in [-0.3, -0.25) is 0 Å². The zero-order valence-corrected chi connectivity index (χ0v) is 9.27. The summed E-state index contributed by atoms with van der Waals surface area (Å²) in [4.78, 5) is 11.5. The molecule has 8 heteroatoms. The molecule has 1 heterocycles. The number of ether oxygens (including phenoxy) is 1. The van der Waals surface area contributed by atoms with E-state index in [4.69, 9.17) is 10.5 Å². The first-order valence-corrected chi connectivity index (χ1v) is 4.98. The zero-order valence-electron chi connectivity index (χ0n) is 9.27. The van der Waals surface area contributed by atoms with Crippen LogP contribution in [0.5, 0.6) is 5.75 Å². The molecular weight excluding hydrogens is 265 g/mol. The number of nitrogens with zero attached hydrogens (tertiary/aromatic N) is 1. The van der Waals surface area contributed by atoms with Gasteiger partial charge in [0.05, 0.1) is 5.56 Å². The molecule has 100 valence electrons. The Labute approximate surface area is 104 Å². The number of aromatic nitrogens is 1. The summed E-state index contributed by atoms with van der Waals surface area (Å²) in [5.74, 6) is -1.19. The van der Waals surface area contributed by atoms with Gasteiger partial charge in [0.15, 0.2) is 5.82 Å². The molecule has 19 heavy (non-hydrogen) atoms. The number of halogens is 3. The molecule has 0 atom stereocenters. The topological polar surface area (TPSA) is 78.4 Å². The predicted octanol–water partition coefficient (Wildman–Crippen LogP) is 2.49. The van der Waals surface area contributed by atoms with E-state index < -0.39 is 17.7 Å². The number of carbonyl (C=O) groups excluding carboxylic acids is 1. The fraction of sp³-hybridized carbons (Fsp3) is 0.0909. The number of anilines is 1. The average Bonchev–Trinajstić information content (AvgIpc) is 2.75. The van der Waals surface area contributed by atoms with Gasteiger partial charge < -0.3 is 15.0 Å². The van der Waals surface area contributed by atoms with Gasteiger partial charge >= 0.3 is 12.1 Å². The summed E-state index contributed by atoms with van der Waals surface area (Å²) in [6, 6.07) is 4.81. The standard InChI is InChI=1S/C11H7F3N2O3/c12-11(13,14)6-1-3-7(4-2-6)18-10(17)8-5-9(15)16-19-8/h1-5H,(H2,15,16). The summed E-state index contributed by atoms with van der Waals surface area (Å²) < 4.78 is 46.2. The molecule has 0 saturated heterocycles. The minimum atomic E-state index is -4.44. The third kappa shape index (κ3) is 3.03. The van der Waals surface area contributed by atoms with Crippen LogP contribution in [0.25, 0.3) is 0 Å². The molecule has 2 aromatic rings. The maximum Gasteiger partial charge on any atom is 0.416 e. The summed E-state index contributed by atoms with van der Waals surface area (Å²) in [6.07, 6.45) is -4.44. The Kier molecular flexibility index (Phi) is 3.16. The summed E-state index contributed by atoms with van der Waals surface area (Å²) in [7, 11) is 0. The molecule has 5 nitrogen and oxygen atoms in total. The molecule has 1 aromatic heterocycles. The second-order valence-corrected chi connectivity index (χ2v) is 3.53. The third-order valence-corrected chi connectivity index (χ3v) is 2.12. The quantitative estimate of drug-likeness (QED) is 0.671. The number of esters is 1. The summed E-state index contributed by atoms with van der Waals surface area (Å²) in [6.45, 7) is 0. The van der Waals surface area contributed by atoms with Gasteiger partial charge in [0, 0.05) is 6.07 Å². The molecule has 0 aliphatic heterocycles. The lowest BCUT2D eigenvalue weighted by Crippen LogP contribution is -2.08. The Morgan fingerprint density at radius 2 is 1.89 bits per heavy atom. The Hall–Kier alpha value is -2.51. The van der Waals surface area contributed by atoms with Crippen LogP contribution in [-0.4, -0.2) is 11.1 Å². The van der Waals surface area contributed by atoms with Gasteiger partial charge in [0.25, 0.3) is 0 Å². The maximum absolute atomic E-state index is 12.3. The van der Waals surface area contributed by atoms with E-state index in [1.807, 2.05) is 0 Å². The van der Waals surface area contributed by atoms with E-state index >= 15 is 0 Å². The second-order valence-electron chi connectivity index (χ2n) is 3.53. The minimum Gasteiger partial charge on any atom is -0.421 e. The van der Waals surface area contributed by atoms with E-state index in [-0.39, 0.29) is 17.3 Å². The molecule has 0 aliphatic rings. The number of benzene rings is 1. The van der Waals surface area contributed by atoms with Crippen molar-refractivity contribution in [3.63, 3.8) is 0 Å². The maximum atomic E-state index is 12.3. The van der Waals surface area contributed by atoms with Crippen molar-refractivity contribution in [2.24, 2.45) is 0 Å². The number of alkyl halides is 3. The van der Waals surface area contributed by atoms with E-state index in [1.54, 1.807) is 0 Å². The Morgan fingerprint density at radius 3 is 2.37 bits per heavy atom. The number of hydrogen-bond acceptors (Lipinski definition) is 5. The van der Waals surface area contributed by atoms with Crippen LogP contribution in [0.3, 0.4) is 0 Å². The number of hydrogen-bond donors (Lipinski definition) is 1. The molecule has 1 aromatic carbocycles. The lowest BCUT2D eigenvalue weighted by Gasteiger charge is -2.07. The number of nitrogen functional groups attached to an aromatic ring is 1. The van der Waals surface area contributed by atoms with Crippen LogP contribution in [0.15, 0.2) is 34.9 Å². The first kappa shape index (κ1) is 12.9. The van der Waals surface area contributed by atoms with Crippen LogP contribution in [0.2, 0.25) is 0 Å². The molecule has 0 unspecified atom stereocenters. The van der Waals surface area contributed by atoms with Crippen LogP contribution >= 0.6 is 0 Å². The highest BCUT2D eigenvalue weighted by atomic mass is 19.4. The minimum absolute atomic E-state index is 0.000584. The largest absolute Gasteiger partial charge is 0.421 e. The smallest absolute Gasteiger partial charge is 0.416 e. The first-order chi connectivity index (χ1) is 8.86. The van der Waals surface area contributed by atoms with Gasteiger partial charge in [-0.1, -0.05) is 5.16 Å². The highest BCUT2D eigenvalue weighted by Gasteiger charge is 2.30. The molecule has 2 N–H and O–H groups in total. The van der Waals surface area contributed by atoms with Crippen molar-refractivity contribution in [1.29, 1.82) is 0 Å². The van der Waals surface area contributed by atoms with Gasteiger partial charge in [-0.25, -0.2) is 4.79 Å². The van der Waals surface area contributed by atoms with Crippen LogP contribution in [0.1, 0.15) is 16.1 Å². The first-order valence-electron chi connectivity index (χ1n) is 4.98. The zero-order chi connectivity index (χ0) is 14.0. The SMILES string of the molecule is Nc1cc(C(=O)Oc2ccc(C(F)(F)F)cc2)on1. The molecule has 0 radical (unpaired) electrons. The second kappa shape index (κ2) is 4.63. The van der Waals surface area contributed by atoms with E-state index in [1.165, 1.54) is 0 Å². The van der Waals surface area contributed by atoms with Gasteiger partial charge in [-0.2, -0.15) is 13.2 Å². The summed E-state index contributed by atoms with van der Waals surface area (Å²) in [5, 5.41) is 3.28. The predicted molar refractivity (Wildman–Crippen MR) is 57.3 cm³/mol. The average molecular weight is 272 g/mol. The van der Waals surface area contributed by atoms with Gasteiger partial charge in [-0.15, -0.1) is 0 Å². The number of nitrogens with two attached hydrogens (primary N) is 1. The third-order valence-electron chi connectivity index (χ3n) is 2.12. The van der Waals surface area contributed by atoms with E-state index in [0.717, 1.165) is 30.3 Å². The van der Waals surface area contributed by atoms with Crippen LogP contribution in [0.4, 0.5) is 19.0 Å². The van der Waals surface area contributed by atoms with Gasteiger partial charge in [-0.05, 0) is 24.3 Å². The normalized spacial score (nSPS) is 11.3. The van der Waals surface area contributed by atoms with Crippen molar-refractivity contribution in [2.45, 2.75) is 6.18 Å². The number of rotatable bonds is 2. The van der Waals surface area contributed by atoms with Gasteiger partial charge in [0.2, 0.25) is 5.76 Å². The Balaban J connectivity index is 2.10. The number of carbonyl (C=O) groups is 1. The molecule has 0 fully saturated rings. The molecule has 0 bridgehead atoms. The Morgan fingerprint density at radius 1 is 1.26 bits per heavy atom. The summed E-state index contributed by atoms with van der Waals surface area (Å²) >= 11 is 0. The Bertz CT molecular complexity index is 590. The molecule has 0 aliphatic carbocycles. The van der Waals surface area contributed by atoms with Gasteiger partial charge in [0.1, 0.15) is 5.75 Å². The fourth-order valence-corrected chi connectivity index (χ4v) is 1.25. The van der Waals surface area contributed by atoms with Crippen LogP contribution < -0.4 is 10.5 Å². The van der Waals surface area contributed by atoms with Crippen LogP contribution in [-0.2, 0) is 6.18 Å². The van der Waals surface area contributed by atoms with Crippen molar-refractivity contribution in [3.05, 3.63) is 41.7 Å². The highest BCUT2D eigenvalue weighted by molar-refractivity contribution is 5.88. The van der Waals surface area contributed by atoms with Crippen molar-refractivity contribution in [2.75, 3.05) is 5.73 Å². The van der Waals surface area contributed by atoms with E-state index in [0.29, 0.717) is 0 Å². The highest BCUT2D eigenvalue weighted by Crippen LogP contribution is 2.30.